The Kier molecular flexibility index (Phi) is 4.71. The lowest BCUT2D eigenvalue weighted by Gasteiger charge is -2.33. The largest absolute Gasteiger partial charge is 0.494 e. The number of carbonyl (C=O) groups is 1. The quantitative estimate of drug-likeness (QED) is 0.821. The zero-order valence-corrected chi connectivity index (χ0v) is 12.2. The molecule has 0 bridgehead atoms. The molecule has 110 valence electrons. The average molecular weight is 277 g/mol. The molecular weight excluding hydrogens is 254 g/mol. The molecule has 20 heavy (non-hydrogen) atoms. The molecule has 0 spiro atoms. The number of nitrogens with two attached hydrogens (primary N) is 1. The van der Waals surface area contributed by atoms with Crippen molar-refractivity contribution in [2.24, 2.45) is 5.92 Å². The van der Waals surface area contributed by atoms with Crippen molar-refractivity contribution in [1.82, 2.24) is 5.32 Å². The van der Waals surface area contributed by atoms with Gasteiger partial charge in [-0.2, -0.15) is 0 Å². The fraction of sp³-hybridized carbons (Fsp3) is 0.533. The molecule has 1 aliphatic heterocycles. The van der Waals surface area contributed by atoms with Crippen LogP contribution in [-0.4, -0.2) is 32.7 Å². The number of anilines is 2. The van der Waals surface area contributed by atoms with E-state index < -0.39 is 0 Å². The number of hydrogen-bond acceptors (Lipinski definition) is 4. The summed E-state index contributed by atoms with van der Waals surface area (Å²) in [4.78, 5) is 14.0. The minimum atomic E-state index is 0.0470. The van der Waals surface area contributed by atoms with Crippen molar-refractivity contribution in [3.05, 3.63) is 18.2 Å². The number of rotatable bonds is 4. The molecule has 1 aliphatic rings. The molecule has 0 aromatic heterocycles. The van der Waals surface area contributed by atoms with Gasteiger partial charge in [0.05, 0.1) is 12.5 Å². The van der Waals surface area contributed by atoms with Crippen LogP contribution in [0.3, 0.4) is 0 Å². The molecule has 5 heteroatoms. The van der Waals surface area contributed by atoms with Gasteiger partial charge in [-0.1, -0.05) is 0 Å². The molecule has 0 aliphatic carbocycles. The van der Waals surface area contributed by atoms with Crippen LogP contribution in [0.2, 0.25) is 0 Å². The van der Waals surface area contributed by atoms with E-state index in [-0.39, 0.29) is 11.8 Å². The van der Waals surface area contributed by atoms with Crippen LogP contribution in [0.25, 0.3) is 0 Å². The summed E-state index contributed by atoms with van der Waals surface area (Å²) < 4.78 is 5.53. The van der Waals surface area contributed by atoms with E-state index in [0.29, 0.717) is 12.3 Å². The highest BCUT2D eigenvalue weighted by Gasteiger charge is 2.25. The van der Waals surface area contributed by atoms with Gasteiger partial charge in [-0.25, -0.2) is 0 Å². The molecule has 2 rings (SSSR count). The van der Waals surface area contributed by atoms with Crippen molar-refractivity contribution in [2.45, 2.75) is 19.8 Å². The Bertz CT molecular complexity index is 476. The maximum absolute atomic E-state index is 11.8. The molecular formula is C15H23N3O2. The molecule has 1 amide bonds. The molecule has 1 aromatic carbocycles. The zero-order chi connectivity index (χ0) is 14.5. The van der Waals surface area contributed by atoms with Crippen LogP contribution in [-0.2, 0) is 4.79 Å². The second-order valence-corrected chi connectivity index (χ2v) is 5.09. The van der Waals surface area contributed by atoms with Crippen LogP contribution < -0.4 is 20.7 Å². The van der Waals surface area contributed by atoms with E-state index in [1.165, 1.54) is 0 Å². The Hall–Kier alpha value is -1.91. The van der Waals surface area contributed by atoms with Gasteiger partial charge in [-0.3, -0.25) is 4.79 Å². The summed E-state index contributed by atoms with van der Waals surface area (Å²) in [5, 5.41) is 2.73. The van der Waals surface area contributed by atoms with Crippen molar-refractivity contribution in [3.8, 4) is 5.75 Å². The van der Waals surface area contributed by atoms with Crippen LogP contribution >= 0.6 is 0 Å². The highest BCUT2D eigenvalue weighted by atomic mass is 16.5. The molecule has 1 saturated heterocycles. The number of carbonyl (C=O) groups excluding carboxylic acids is 1. The van der Waals surface area contributed by atoms with Gasteiger partial charge < -0.3 is 20.7 Å². The van der Waals surface area contributed by atoms with Gasteiger partial charge in [0.25, 0.3) is 0 Å². The molecule has 1 fully saturated rings. The SMILES string of the molecule is CCOc1cc(N)cc(N2CCCC(C(=O)NC)C2)c1. The first kappa shape index (κ1) is 14.5. The highest BCUT2D eigenvalue weighted by molar-refractivity contribution is 5.79. The minimum Gasteiger partial charge on any atom is -0.494 e. The lowest BCUT2D eigenvalue weighted by Crippen LogP contribution is -2.42. The molecule has 0 saturated carbocycles. The summed E-state index contributed by atoms with van der Waals surface area (Å²) in [5.74, 6) is 0.943. The van der Waals surface area contributed by atoms with E-state index >= 15 is 0 Å². The van der Waals surface area contributed by atoms with Crippen molar-refractivity contribution in [1.29, 1.82) is 0 Å². The molecule has 3 N–H and O–H groups in total. The Morgan fingerprint density at radius 1 is 1.50 bits per heavy atom. The van der Waals surface area contributed by atoms with Crippen LogP contribution in [0.15, 0.2) is 18.2 Å². The van der Waals surface area contributed by atoms with Gasteiger partial charge in [0.1, 0.15) is 5.75 Å². The fourth-order valence-electron chi connectivity index (χ4n) is 2.67. The van der Waals surface area contributed by atoms with Crippen molar-refractivity contribution in [2.75, 3.05) is 37.4 Å². The standard InChI is InChI=1S/C15H23N3O2/c1-3-20-14-8-12(16)7-13(9-14)18-6-4-5-11(10-18)15(19)17-2/h7-9,11H,3-6,10,16H2,1-2H3,(H,17,19). The minimum absolute atomic E-state index is 0.0470. The van der Waals surface area contributed by atoms with E-state index in [1.54, 1.807) is 7.05 Å². The monoisotopic (exact) mass is 277 g/mol. The van der Waals surface area contributed by atoms with Crippen LogP contribution in [0.4, 0.5) is 11.4 Å². The number of hydrogen-bond donors (Lipinski definition) is 2. The number of ether oxygens (including phenoxy) is 1. The Morgan fingerprint density at radius 3 is 3.00 bits per heavy atom. The highest BCUT2D eigenvalue weighted by Crippen LogP contribution is 2.29. The number of benzene rings is 1. The summed E-state index contributed by atoms with van der Waals surface area (Å²) in [6, 6.07) is 5.76. The molecule has 0 radical (unpaired) electrons. The van der Waals surface area contributed by atoms with Crippen molar-refractivity contribution in [3.63, 3.8) is 0 Å². The number of nitrogens with zero attached hydrogens (tertiary/aromatic N) is 1. The van der Waals surface area contributed by atoms with Gasteiger partial charge in [-0.05, 0) is 25.8 Å². The first-order valence-electron chi connectivity index (χ1n) is 7.14. The predicted molar refractivity (Wildman–Crippen MR) is 81.0 cm³/mol. The van der Waals surface area contributed by atoms with Gasteiger partial charge in [0.15, 0.2) is 0 Å². The lowest BCUT2D eigenvalue weighted by molar-refractivity contribution is -0.124. The molecule has 5 nitrogen and oxygen atoms in total. The number of amides is 1. The summed E-state index contributed by atoms with van der Waals surface area (Å²) in [6.07, 6.45) is 1.95. The lowest BCUT2D eigenvalue weighted by atomic mass is 9.96. The predicted octanol–water partition coefficient (Wildman–Crippen LogP) is 1.63. The maximum Gasteiger partial charge on any atom is 0.224 e. The van der Waals surface area contributed by atoms with Crippen LogP contribution in [0.1, 0.15) is 19.8 Å². The summed E-state index contributed by atoms with van der Waals surface area (Å²) in [7, 11) is 1.69. The van der Waals surface area contributed by atoms with Crippen molar-refractivity contribution >= 4 is 17.3 Å². The van der Waals surface area contributed by atoms with Gasteiger partial charge >= 0.3 is 0 Å². The third-order valence-electron chi connectivity index (χ3n) is 3.63. The van der Waals surface area contributed by atoms with E-state index in [0.717, 1.165) is 37.4 Å². The Balaban J connectivity index is 2.15. The summed E-state index contributed by atoms with van der Waals surface area (Å²) in [6.45, 7) is 4.24. The van der Waals surface area contributed by atoms with Gasteiger partial charge in [-0.15, -0.1) is 0 Å². The molecule has 1 unspecified atom stereocenters. The maximum atomic E-state index is 11.8. The van der Waals surface area contributed by atoms with E-state index in [2.05, 4.69) is 10.2 Å². The number of piperidine rings is 1. The second-order valence-electron chi connectivity index (χ2n) is 5.09. The molecule has 1 heterocycles. The van der Waals surface area contributed by atoms with E-state index in [4.69, 9.17) is 10.5 Å². The van der Waals surface area contributed by atoms with Crippen LogP contribution in [0, 0.1) is 5.92 Å². The summed E-state index contributed by atoms with van der Waals surface area (Å²) >= 11 is 0. The number of nitrogens with one attached hydrogen (secondary N) is 1. The molecule has 1 aromatic rings. The second kappa shape index (κ2) is 6.50. The van der Waals surface area contributed by atoms with Gasteiger partial charge in [0, 0.05) is 43.6 Å². The van der Waals surface area contributed by atoms with E-state index in [1.807, 2.05) is 25.1 Å². The first-order valence-corrected chi connectivity index (χ1v) is 7.14. The Morgan fingerprint density at radius 2 is 2.30 bits per heavy atom. The third kappa shape index (κ3) is 3.35. The fourth-order valence-corrected chi connectivity index (χ4v) is 2.67. The van der Waals surface area contributed by atoms with E-state index in [9.17, 15) is 4.79 Å². The summed E-state index contributed by atoms with van der Waals surface area (Å²) in [5.41, 5.74) is 7.65. The average Bonchev–Trinajstić information content (AvgIpc) is 2.46. The topological polar surface area (TPSA) is 67.6 Å². The van der Waals surface area contributed by atoms with Crippen LogP contribution in [0.5, 0.6) is 5.75 Å². The van der Waals surface area contributed by atoms with Gasteiger partial charge in [0.2, 0.25) is 5.91 Å². The Labute approximate surface area is 120 Å². The first-order chi connectivity index (χ1) is 9.63. The third-order valence-corrected chi connectivity index (χ3v) is 3.63. The van der Waals surface area contributed by atoms with Crippen molar-refractivity contribution < 1.29 is 9.53 Å². The number of nitrogen functional groups attached to an aromatic ring is 1. The molecule has 1 atom stereocenters. The normalized spacial score (nSPS) is 18.7. The smallest absolute Gasteiger partial charge is 0.224 e. The zero-order valence-electron chi connectivity index (χ0n) is 12.2.